The second-order valence-corrected chi connectivity index (χ2v) is 5.65. The molecule has 23 heavy (non-hydrogen) atoms. The van der Waals surface area contributed by atoms with Crippen molar-refractivity contribution in [2.24, 2.45) is 5.16 Å². The number of nitrogen functional groups attached to an aromatic ring is 1. The van der Waals surface area contributed by atoms with Gasteiger partial charge in [-0.2, -0.15) is 0 Å². The molecule has 0 saturated carbocycles. The normalized spacial score (nSPS) is 11.7. The molecule has 7 heteroatoms. The largest absolute Gasteiger partial charge is 0.461 e. The van der Waals surface area contributed by atoms with Gasteiger partial charge in [-0.15, -0.1) is 0 Å². The van der Waals surface area contributed by atoms with E-state index in [1.807, 2.05) is 0 Å². The summed E-state index contributed by atoms with van der Waals surface area (Å²) in [6.45, 7) is 6.67. The summed E-state index contributed by atoms with van der Waals surface area (Å²) in [5.74, 6) is -1.25. The Morgan fingerprint density at radius 1 is 1.26 bits per heavy atom. The summed E-state index contributed by atoms with van der Waals surface area (Å²) in [4.78, 5) is 28.5. The molecule has 0 radical (unpaired) electrons. The first-order chi connectivity index (χ1) is 10.7. The Morgan fingerprint density at radius 3 is 2.52 bits per heavy atom. The summed E-state index contributed by atoms with van der Waals surface area (Å²) < 4.78 is 10.0. The van der Waals surface area contributed by atoms with Crippen LogP contribution in [0.2, 0.25) is 0 Å². The van der Waals surface area contributed by atoms with E-state index in [0.29, 0.717) is 11.3 Å². The Balaban J connectivity index is 2.84. The molecule has 0 aliphatic heterocycles. The minimum absolute atomic E-state index is 0.0669. The van der Waals surface area contributed by atoms with E-state index in [-0.39, 0.29) is 12.3 Å². The van der Waals surface area contributed by atoms with Gasteiger partial charge in [0.15, 0.2) is 5.71 Å². The molecule has 1 aromatic carbocycles. The fourth-order valence-electron chi connectivity index (χ4n) is 1.61. The molecule has 0 aromatic heterocycles. The summed E-state index contributed by atoms with van der Waals surface area (Å²) >= 11 is 0. The molecule has 0 saturated heterocycles. The van der Waals surface area contributed by atoms with Crippen LogP contribution < -0.4 is 5.73 Å². The van der Waals surface area contributed by atoms with Crippen LogP contribution in [0.25, 0.3) is 0 Å². The summed E-state index contributed by atoms with van der Waals surface area (Å²) in [5.41, 5.74) is 5.91. The van der Waals surface area contributed by atoms with Crippen LogP contribution >= 0.6 is 0 Å². The lowest BCUT2D eigenvalue weighted by molar-refractivity contribution is -0.160. The van der Waals surface area contributed by atoms with E-state index in [4.69, 9.17) is 20.0 Å². The predicted octanol–water partition coefficient (Wildman–Crippen LogP) is 1.89. The van der Waals surface area contributed by atoms with Gasteiger partial charge >= 0.3 is 11.9 Å². The molecule has 0 spiro atoms. The van der Waals surface area contributed by atoms with Crippen molar-refractivity contribution in [3.8, 4) is 0 Å². The number of benzene rings is 1. The fourth-order valence-corrected chi connectivity index (χ4v) is 1.61. The van der Waals surface area contributed by atoms with Crippen LogP contribution in [0, 0.1) is 0 Å². The molecule has 0 amide bonds. The summed E-state index contributed by atoms with van der Waals surface area (Å²) in [6.07, 6.45) is 0. The zero-order valence-electron chi connectivity index (χ0n) is 13.8. The maximum absolute atomic E-state index is 12.0. The zero-order valence-corrected chi connectivity index (χ0v) is 13.8. The van der Waals surface area contributed by atoms with Crippen molar-refractivity contribution in [2.45, 2.75) is 33.3 Å². The second kappa shape index (κ2) is 8.17. The average Bonchev–Trinajstić information content (AvgIpc) is 2.41. The minimum Gasteiger partial charge on any atom is -0.461 e. The summed E-state index contributed by atoms with van der Waals surface area (Å²) in [7, 11) is 0. The van der Waals surface area contributed by atoms with E-state index >= 15 is 0 Å². The fraction of sp³-hybridized carbons (Fsp3) is 0.438. The van der Waals surface area contributed by atoms with Gasteiger partial charge in [0.1, 0.15) is 5.60 Å². The topological polar surface area (TPSA) is 100 Å². The number of nitrogens with zero attached hydrogens (tertiary/aromatic N) is 1. The Bertz CT molecular complexity index is 590. The minimum atomic E-state index is -0.665. The Hall–Kier alpha value is -2.57. The van der Waals surface area contributed by atoms with Gasteiger partial charge in [0.05, 0.1) is 6.61 Å². The SMILES string of the molecule is CCOC(=O)C(=NOCC(=O)OC(C)(C)C)c1cccc(N)c1. The van der Waals surface area contributed by atoms with E-state index in [9.17, 15) is 9.59 Å². The van der Waals surface area contributed by atoms with E-state index in [0.717, 1.165) is 0 Å². The van der Waals surface area contributed by atoms with Crippen molar-refractivity contribution in [2.75, 3.05) is 18.9 Å². The van der Waals surface area contributed by atoms with Crippen molar-refractivity contribution in [1.29, 1.82) is 0 Å². The van der Waals surface area contributed by atoms with Crippen molar-refractivity contribution in [1.82, 2.24) is 0 Å². The van der Waals surface area contributed by atoms with Crippen LogP contribution in [0.4, 0.5) is 5.69 Å². The molecule has 126 valence electrons. The van der Waals surface area contributed by atoms with E-state index in [1.54, 1.807) is 52.0 Å². The number of hydrogen-bond acceptors (Lipinski definition) is 7. The molecule has 0 heterocycles. The van der Waals surface area contributed by atoms with E-state index in [2.05, 4.69) is 5.16 Å². The van der Waals surface area contributed by atoms with Crippen molar-refractivity contribution >= 4 is 23.3 Å². The van der Waals surface area contributed by atoms with Gasteiger partial charge in [-0.25, -0.2) is 9.59 Å². The molecular weight excluding hydrogens is 300 g/mol. The van der Waals surface area contributed by atoms with Crippen molar-refractivity contribution in [3.63, 3.8) is 0 Å². The molecule has 0 aliphatic rings. The Morgan fingerprint density at radius 2 is 1.96 bits per heavy atom. The first kappa shape index (κ1) is 18.5. The highest BCUT2D eigenvalue weighted by Crippen LogP contribution is 2.10. The quantitative estimate of drug-likeness (QED) is 0.371. The number of hydrogen-bond donors (Lipinski definition) is 1. The van der Waals surface area contributed by atoms with Gasteiger partial charge in [0, 0.05) is 11.3 Å². The van der Waals surface area contributed by atoms with Gasteiger partial charge in [-0.3, -0.25) is 0 Å². The number of ether oxygens (including phenoxy) is 2. The molecule has 2 N–H and O–H groups in total. The van der Waals surface area contributed by atoms with Crippen molar-refractivity contribution < 1.29 is 23.9 Å². The van der Waals surface area contributed by atoms with Gasteiger partial charge in [0.25, 0.3) is 0 Å². The highest BCUT2D eigenvalue weighted by Gasteiger charge is 2.19. The predicted molar refractivity (Wildman–Crippen MR) is 85.8 cm³/mol. The van der Waals surface area contributed by atoms with Gasteiger partial charge in [-0.05, 0) is 39.8 Å². The number of esters is 2. The smallest absolute Gasteiger partial charge is 0.361 e. The number of carbonyl (C=O) groups excluding carboxylic acids is 2. The third kappa shape index (κ3) is 6.82. The highest BCUT2D eigenvalue weighted by atomic mass is 16.7. The monoisotopic (exact) mass is 322 g/mol. The standard InChI is InChI=1S/C16H22N2O5/c1-5-21-15(20)14(11-7-6-8-12(17)9-11)18-22-10-13(19)23-16(2,3)4/h6-9H,5,10,17H2,1-4H3. The van der Waals surface area contributed by atoms with Crippen LogP contribution in [-0.2, 0) is 23.9 Å². The van der Waals surface area contributed by atoms with Crippen LogP contribution in [0.15, 0.2) is 29.4 Å². The van der Waals surface area contributed by atoms with Crippen LogP contribution in [-0.4, -0.2) is 36.5 Å². The third-order valence-corrected chi connectivity index (χ3v) is 2.39. The maximum Gasteiger partial charge on any atom is 0.361 e. The lowest BCUT2D eigenvalue weighted by atomic mass is 10.1. The van der Waals surface area contributed by atoms with Crippen molar-refractivity contribution in [3.05, 3.63) is 29.8 Å². The third-order valence-electron chi connectivity index (χ3n) is 2.39. The van der Waals surface area contributed by atoms with Crippen LogP contribution in [0.1, 0.15) is 33.3 Å². The molecule has 1 rings (SSSR count). The average molecular weight is 322 g/mol. The molecule has 0 fully saturated rings. The second-order valence-electron chi connectivity index (χ2n) is 5.65. The number of carbonyl (C=O) groups is 2. The van der Waals surface area contributed by atoms with Gasteiger partial charge in [0.2, 0.25) is 6.61 Å². The van der Waals surface area contributed by atoms with Gasteiger partial charge < -0.3 is 20.0 Å². The molecule has 0 bridgehead atoms. The maximum atomic E-state index is 12.0. The van der Waals surface area contributed by atoms with E-state index in [1.165, 1.54) is 0 Å². The molecule has 0 unspecified atom stereocenters. The van der Waals surface area contributed by atoms with Gasteiger partial charge in [-0.1, -0.05) is 17.3 Å². The molecule has 0 atom stereocenters. The number of anilines is 1. The Kier molecular flexibility index (Phi) is 6.56. The summed E-state index contributed by atoms with van der Waals surface area (Å²) in [6, 6.07) is 6.55. The van der Waals surface area contributed by atoms with Crippen LogP contribution in [0.3, 0.4) is 0 Å². The Labute approximate surface area is 135 Å². The highest BCUT2D eigenvalue weighted by molar-refractivity contribution is 6.43. The first-order valence-corrected chi connectivity index (χ1v) is 7.17. The number of nitrogens with two attached hydrogens (primary N) is 1. The summed E-state index contributed by atoms with van der Waals surface area (Å²) in [5, 5.41) is 3.71. The molecule has 7 nitrogen and oxygen atoms in total. The molecule has 1 aromatic rings. The molecular formula is C16H22N2O5. The number of rotatable bonds is 6. The number of oxime groups is 1. The zero-order chi connectivity index (χ0) is 17.5. The van der Waals surface area contributed by atoms with E-state index < -0.39 is 24.1 Å². The first-order valence-electron chi connectivity index (χ1n) is 7.17. The van der Waals surface area contributed by atoms with Crippen LogP contribution in [0.5, 0.6) is 0 Å². The lowest BCUT2D eigenvalue weighted by Crippen LogP contribution is -2.26. The molecule has 0 aliphatic carbocycles. The lowest BCUT2D eigenvalue weighted by Gasteiger charge is -2.18.